The Morgan fingerprint density at radius 1 is 1.13 bits per heavy atom. The Labute approximate surface area is 217 Å². The number of amides is 1. The molecule has 0 saturated carbocycles. The smallest absolute Gasteiger partial charge is 0.243 e. The zero-order chi connectivity index (χ0) is 27.2. The van der Waals surface area contributed by atoms with Crippen LogP contribution in [-0.2, 0) is 14.3 Å². The Morgan fingerprint density at radius 2 is 1.84 bits per heavy atom. The Kier molecular flexibility index (Phi) is 8.48. The summed E-state index contributed by atoms with van der Waals surface area (Å²) in [5.74, 6) is -2.03. The van der Waals surface area contributed by atoms with Gasteiger partial charge in [-0.15, -0.1) is 0 Å². The van der Waals surface area contributed by atoms with Gasteiger partial charge in [0.25, 0.3) is 0 Å². The van der Waals surface area contributed by atoms with Gasteiger partial charge in [0.15, 0.2) is 29.0 Å². The molecule has 0 bridgehead atoms. The molecule has 3 aromatic rings. The predicted molar refractivity (Wildman–Crippen MR) is 137 cm³/mol. The number of hydrogen-bond acceptors (Lipinski definition) is 10. The van der Waals surface area contributed by atoms with Gasteiger partial charge in [0.05, 0.1) is 57.4 Å². The molecule has 1 aromatic carbocycles. The number of methoxy groups -OCH3 is 3. The fourth-order valence-electron chi connectivity index (χ4n) is 3.99. The summed E-state index contributed by atoms with van der Waals surface area (Å²) in [7, 11) is 4.10. The van der Waals surface area contributed by atoms with Gasteiger partial charge in [-0.3, -0.25) is 4.79 Å². The summed E-state index contributed by atoms with van der Waals surface area (Å²) in [6, 6.07) is 2.01. The first kappa shape index (κ1) is 26.9. The lowest BCUT2D eigenvalue weighted by Gasteiger charge is -2.20. The van der Waals surface area contributed by atoms with Crippen molar-refractivity contribution in [3.63, 3.8) is 0 Å². The molecule has 1 aliphatic rings. The van der Waals surface area contributed by atoms with E-state index >= 15 is 8.78 Å². The molecule has 3 heterocycles. The number of nitrogens with zero attached hydrogens (tertiary/aromatic N) is 3. The quantitative estimate of drug-likeness (QED) is 0.251. The highest BCUT2D eigenvalue weighted by molar-refractivity contribution is 5.92. The maximum atomic E-state index is 15.2. The van der Waals surface area contributed by atoms with Gasteiger partial charge in [-0.25, -0.2) is 23.7 Å². The number of carbonyl (C=O) groups is 1. The molecular weight excluding hydrogens is 502 g/mol. The fourth-order valence-corrected chi connectivity index (χ4v) is 3.99. The highest BCUT2D eigenvalue weighted by Crippen LogP contribution is 2.38. The van der Waals surface area contributed by atoms with Gasteiger partial charge in [-0.1, -0.05) is 6.58 Å². The molecule has 4 rings (SSSR count). The summed E-state index contributed by atoms with van der Waals surface area (Å²) in [6.45, 7) is 4.82. The first-order valence-electron chi connectivity index (χ1n) is 11.7. The Morgan fingerprint density at radius 3 is 2.50 bits per heavy atom. The van der Waals surface area contributed by atoms with E-state index in [0.29, 0.717) is 37.3 Å². The number of hydrogen-bond donors (Lipinski definition) is 3. The summed E-state index contributed by atoms with van der Waals surface area (Å²) in [5.41, 5.74) is -0.0158. The number of nitrogens with one attached hydrogen (secondary N) is 3. The molecule has 0 spiro atoms. The van der Waals surface area contributed by atoms with Crippen molar-refractivity contribution >= 4 is 28.6 Å². The monoisotopic (exact) mass is 530 g/mol. The van der Waals surface area contributed by atoms with Crippen molar-refractivity contribution in [2.24, 2.45) is 0 Å². The highest BCUT2D eigenvalue weighted by atomic mass is 19.1. The third kappa shape index (κ3) is 5.58. The van der Waals surface area contributed by atoms with Crippen LogP contribution < -0.4 is 25.4 Å². The largest absolute Gasteiger partial charge is 0.494 e. The Bertz CT molecular complexity index is 1310. The van der Waals surface area contributed by atoms with Gasteiger partial charge in [-0.05, 0) is 12.1 Å². The molecule has 1 amide bonds. The van der Waals surface area contributed by atoms with Crippen LogP contribution in [0.2, 0.25) is 0 Å². The fraction of sp³-hybridized carbons (Fsp3) is 0.360. The van der Waals surface area contributed by atoms with E-state index in [0.717, 1.165) is 6.07 Å². The standard InChI is InChI=1S/C25H28F2N6O5/c1-5-19(34)30-15-11-38-12-16(15)32-25-29-10-13-8-14(31-24(23(13)33-25)28-6-7-35-2)20-21(26)17(36-3)9-18(37-4)22(20)27/h5,8-10,15-16H,1,6-7,11-12H2,2-4H3,(H,28,31)(H,30,34)(H,29,32,33)/t15-,16+/m0/s1. The molecule has 0 aliphatic carbocycles. The molecule has 1 fully saturated rings. The normalized spacial score (nSPS) is 16.8. The van der Waals surface area contributed by atoms with Crippen LogP contribution in [0.3, 0.4) is 0 Å². The van der Waals surface area contributed by atoms with Crippen molar-refractivity contribution in [2.45, 2.75) is 12.1 Å². The molecule has 0 radical (unpaired) electrons. The Hall–Kier alpha value is -4.10. The summed E-state index contributed by atoms with van der Waals surface area (Å²) in [4.78, 5) is 25.2. The van der Waals surface area contributed by atoms with Crippen LogP contribution in [0.25, 0.3) is 22.2 Å². The molecule has 0 unspecified atom stereocenters. The van der Waals surface area contributed by atoms with E-state index in [2.05, 4.69) is 37.5 Å². The molecular formula is C25H28F2N6O5. The second kappa shape index (κ2) is 12.0. The molecule has 2 aromatic heterocycles. The molecule has 38 heavy (non-hydrogen) atoms. The van der Waals surface area contributed by atoms with Gasteiger partial charge < -0.3 is 34.9 Å². The van der Waals surface area contributed by atoms with Crippen molar-refractivity contribution in [1.29, 1.82) is 0 Å². The van der Waals surface area contributed by atoms with E-state index in [1.807, 2.05) is 0 Å². The average molecular weight is 531 g/mol. The maximum Gasteiger partial charge on any atom is 0.243 e. The first-order chi connectivity index (χ1) is 18.4. The van der Waals surface area contributed by atoms with Gasteiger partial charge in [-0.2, -0.15) is 0 Å². The van der Waals surface area contributed by atoms with Crippen molar-refractivity contribution in [1.82, 2.24) is 20.3 Å². The predicted octanol–water partition coefficient (Wildman–Crippen LogP) is 2.53. The molecule has 2 atom stereocenters. The number of benzene rings is 1. The third-order valence-corrected chi connectivity index (χ3v) is 5.90. The van der Waals surface area contributed by atoms with E-state index in [1.54, 1.807) is 7.11 Å². The number of ether oxygens (including phenoxy) is 4. The van der Waals surface area contributed by atoms with Crippen LogP contribution in [0.4, 0.5) is 20.5 Å². The van der Waals surface area contributed by atoms with E-state index in [-0.39, 0.29) is 47.0 Å². The summed E-state index contributed by atoms with van der Waals surface area (Å²) in [5, 5.41) is 9.55. The molecule has 1 aliphatic heterocycles. The molecule has 11 nitrogen and oxygen atoms in total. The molecule has 3 N–H and O–H groups in total. The maximum absolute atomic E-state index is 15.2. The number of rotatable bonds is 11. The average Bonchev–Trinajstić information content (AvgIpc) is 3.35. The number of halogens is 2. The molecule has 202 valence electrons. The van der Waals surface area contributed by atoms with Crippen molar-refractivity contribution in [3.05, 3.63) is 42.6 Å². The van der Waals surface area contributed by atoms with E-state index in [1.165, 1.54) is 32.6 Å². The zero-order valence-electron chi connectivity index (χ0n) is 21.1. The number of fused-ring (bicyclic) bond motifs is 1. The SMILES string of the molecule is C=CC(=O)N[C@H]1COC[C@H]1Nc1ncc2cc(-c3c(F)c(OC)cc(OC)c3F)nc(NCCOC)c2n1. The van der Waals surface area contributed by atoms with Crippen LogP contribution in [0.5, 0.6) is 11.5 Å². The summed E-state index contributed by atoms with van der Waals surface area (Å²) in [6.07, 6.45) is 2.70. The molecule has 1 saturated heterocycles. The highest BCUT2D eigenvalue weighted by Gasteiger charge is 2.30. The lowest BCUT2D eigenvalue weighted by Crippen LogP contribution is -2.45. The van der Waals surface area contributed by atoms with Crippen LogP contribution in [-0.4, -0.2) is 80.6 Å². The topological polar surface area (TPSA) is 129 Å². The lowest BCUT2D eigenvalue weighted by molar-refractivity contribution is -0.117. The zero-order valence-corrected chi connectivity index (χ0v) is 21.1. The first-order valence-corrected chi connectivity index (χ1v) is 11.7. The van der Waals surface area contributed by atoms with Gasteiger partial charge >= 0.3 is 0 Å². The molecule has 13 heteroatoms. The minimum atomic E-state index is -0.923. The number of pyridine rings is 1. The van der Waals surface area contributed by atoms with Gasteiger partial charge in [0, 0.05) is 31.3 Å². The lowest BCUT2D eigenvalue weighted by atomic mass is 10.1. The number of aromatic nitrogens is 3. The minimum absolute atomic E-state index is 0.00896. The van der Waals surface area contributed by atoms with Crippen molar-refractivity contribution in [3.8, 4) is 22.8 Å². The number of carbonyl (C=O) groups excluding carboxylic acids is 1. The third-order valence-electron chi connectivity index (χ3n) is 5.90. The minimum Gasteiger partial charge on any atom is -0.494 e. The van der Waals surface area contributed by atoms with Gasteiger partial charge in [0.2, 0.25) is 11.9 Å². The van der Waals surface area contributed by atoms with Crippen LogP contribution >= 0.6 is 0 Å². The van der Waals surface area contributed by atoms with Crippen molar-refractivity contribution < 1.29 is 32.5 Å². The van der Waals surface area contributed by atoms with Gasteiger partial charge in [0.1, 0.15) is 5.52 Å². The second-order valence-corrected chi connectivity index (χ2v) is 8.30. The van der Waals surface area contributed by atoms with E-state index < -0.39 is 17.2 Å². The van der Waals surface area contributed by atoms with E-state index in [4.69, 9.17) is 18.9 Å². The summed E-state index contributed by atoms with van der Waals surface area (Å²) < 4.78 is 51.2. The Balaban J connectivity index is 1.76. The van der Waals surface area contributed by atoms with Crippen LogP contribution in [0.1, 0.15) is 0 Å². The van der Waals surface area contributed by atoms with Crippen molar-refractivity contribution in [2.75, 3.05) is 58.3 Å². The summed E-state index contributed by atoms with van der Waals surface area (Å²) >= 11 is 0. The van der Waals surface area contributed by atoms with E-state index in [9.17, 15) is 4.79 Å². The van der Waals surface area contributed by atoms with Crippen LogP contribution in [0, 0.1) is 11.6 Å². The van der Waals surface area contributed by atoms with Crippen LogP contribution in [0.15, 0.2) is 31.0 Å². The second-order valence-electron chi connectivity index (χ2n) is 8.30. The number of anilines is 2.